The van der Waals surface area contributed by atoms with Gasteiger partial charge in [0.25, 0.3) is 0 Å². The average Bonchev–Trinajstić information content (AvgIpc) is 2.31. The lowest BCUT2D eigenvalue weighted by Crippen LogP contribution is -2.32. The average molecular weight is 184 g/mol. The number of hydrogen-bond acceptors (Lipinski definition) is 2. The molecule has 1 rings (SSSR count). The summed E-state index contributed by atoms with van der Waals surface area (Å²) in [6.07, 6.45) is 1.28. The number of likely N-dealkylation sites (tertiary alicyclic amines) is 1. The predicted molar refractivity (Wildman–Crippen MR) is 57.6 cm³/mol. The van der Waals surface area contributed by atoms with Gasteiger partial charge in [-0.25, -0.2) is 0 Å². The van der Waals surface area contributed by atoms with E-state index in [0.717, 1.165) is 18.4 Å². The lowest BCUT2D eigenvalue weighted by Gasteiger charge is -2.20. The minimum absolute atomic E-state index is 0.407. The SMILES string of the molecule is CC(C)C[C@H]1CN(C(C)C)C[C@H]1N. The molecule has 2 heteroatoms. The van der Waals surface area contributed by atoms with Crippen LogP contribution in [0.4, 0.5) is 0 Å². The molecule has 13 heavy (non-hydrogen) atoms. The molecule has 0 bridgehead atoms. The third kappa shape index (κ3) is 2.96. The molecule has 1 saturated heterocycles. The highest BCUT2D eigenvalue weighted by Gasteiger charge is 2.31. The molecular formula is C11H24N2. The monoisotopic (exact) mass is 184 g/mol. The van der Waals surface area contributed by atoms with E-state index >= 15 is 0 Å². The van der Waals surface area contributed by atoms with E-state index in [1.807, 2.05) is 0 Å². The van der Waals surface area contributed by atoms with Crippen LogP contribution in [0.15, 0.2) is 0 Å². The fourth-order valence-corrected chi connectivity index (χ4v) is 2.21. The zero-order valence-corrected chi connectivity index (χ0v) is 9.46. The largest absolute Gasteiger partial charge is 0.326 e. The van der Waals surface area contributed by atoms with Crippen molar-refractivity contribution >= 4 is 0 Å². The van der Waals surface area contributed by atoms with Crippen LogP contribution in [0, 0.1) is 11.8 Å². The van der Waals surface area contributed by atoms with Gasteiger partial charge in [0.05, 0.1) is 0 Å². The Morgan fingerprint density at radius 3 is 2.23 bits per heavy atom. The molecular weight excluding hydrogens is 160 g/mol. The fraction of sp³-hybridized carbons (Fsp3) is 1.00. The van der Waals surface area contributed by atoms with Crippen LogP contribution in [0.3, 0.4) is 0 Å². The van der Waals surface area contributed by atoms with E-state index in [2.05, 4.69) is 32.6 Å². The Bertz CT molecular complexity index is 154. The van der Waals surface area contributed by atoms with E-state index in [4.69, 9.17) is 5.73 Å². The van der Waals surface area contributed by atoms with Crippen molar-refractivity contribution in [3.63, 3.8) is 0 Å². The fourth-order valence-electron chi connectivity index (χ4n) is 2.21. The van der Waals surface area contributed by atoms with Gasteiger partial charge in [-0.15, -0.1) is 0 Å². The van der Waals surface area contributed by atoms with E-state index in [1.165, 1.54) is 13.0 Å². The Kier molecular flexibility index (Phi) is 3.74. The van der Waals surface area contributed by atoms with Gasteiger partial charge in [0.15, 0.2) is 0 Å². The summed E-state index contributed by atoms with van der Waals surface area (Å²) >= 11 is 0. The summed E-state index contributed by atoms with van der Waals surface area (Å²) in [6.45, 7) is 11.4. The van der Waals surface area contributed by atoms with Gasteiger partial charge < -0.3 is 5.73 Å². The van der Waals surface area contributed by atoms with Crippen LogP contribution < -0.4 is 5.73 Å². The molecule has 0 aromatic carbocycles. The van der Waals surface area contributed by atoms with Crippen molar-refractivity contribution in [2.75, 3.05) is 13.1 Å². The first-order chi connectivity index (χ1) is 6.00. The maximum atomic E-state index is 6.11. The molecule has 0 aromatic rings. The normalized spacial score (nSPS) is 30.7. The second-order valence-corrected chi connectivity index (χ2v) is 5.10. The second-order valence-electron chi connectivity index (χ2n) is 5.10. The van der Waals surface area contributed by atoms with Crippen LogP contribution in [0.25, 0.3) is 0 Å². The van der Waals surface area contributed by atoms with Gasteiger partial charge in [0, 0.05) is 25.2 Å². The highest BCUT2D eigenvalue weighted by Crippen LogP contribution is 2.23. The molecule has 0 saturated carbocycles. The number of nitrogens with zero attached hydrogens (tertiary/aromatic N) is 1. The summed E-state index contributed by atoms with van der Waals surface area (Å²) in [5, 5.41) is 0. The molecule has 0 spiro atoms. The Labute approximate surface area is 82.5 Å². The van der Waals surface area contributed by atoms with Crippen molar-refractivity contribution in [2.45, 2.75) is 46.2 Å². The van der Waals surface area contributed by atoms with Crippen LogP contribution in [-0.4, -0.2) is 30.1 Å². The molecule has 78 valence electrons. The van der Waals surface area contributed by atoms with Gasteiger partial charge in [-0.3, -0.25) is 4.90 Å². The molecule has 0 unspecified atom stereocenters. The standard InChI is InChI=1S/C11H24N2/c1-8(2)5-10-6-13(9(3)4)7-11(10)12/h8-11H,5-7,12H2,1-4H3/t10-,11+/m0/s1. The van der Waals surface area contributed by atoms with Crippen molar-refractivity contribution < 1.29 is 0 Å². The van der Waals surface area contributed by atoms with Crippen LogP contribution in [0.5, 0.6) is 0 Å². The lowest BCUT2D eigenvalue weighted by atomic mass is 9.93. The second kappa shape index (κ2) is 4.43. The first-order valence-electron chi connectivity index (χ1n) is 5.50. The smallest absolute Gasteiger partial charge is 0.0209 e. The number of hydrogen-bond donors (Lipinski definition) is 1. The summed E-state index contributed by atoms with van der Waals surface area (Å²) in [5.41, 5.74) is 6.11. The zero-order chi connectivity index (χ0) is 10.0. The van der Waals surface area contributed by atoms with Crippen molar-refractivity contribution in [1.29, 1.82) is 0 Å². The minimum atomic E-state index is 0.407. The maximum absolute atomic E-state index is 6.11. The molecule has 1 aliphatic heterocycles. The first-order valence-corrected chi connectivity index (χ1v) is 5.50. The van der Waals surface area contributed by atoms with E-state index in [-0.39, 0.29) is 0 Å². The van der Waals surface area contributed by atoms with E-state index in [0.29, 0.717) is 12.1 Å². The van der Waals surface area contributed by atoms with Gasteiger partial charge in [-0.2, -0.15) is 0 Å². The first kappa shape index (κ1) is 11.0. The molecule has 1 aliphatic rings. The maximum Gasteiger partial charge on any atom is 0.0209 e. The molecule has 0 aliphatic carbocycles. The number of rotatable bonds is 3. The van der Waals surface area contributed by atoms with Crippen LogP contribution in [-0.2, 0) is 0 Å². The highest BCUT2D eigenvalue weighted by molar-refractivity contribution is 4.88. The van der Waals surface area contributed by atoms with E-state index < -0.39 is 0 Å². The summed E-state index contributed by atoms with van der Waals surface area (Å²) < 4.78 is 0. The lowest BCUT2D eigenvalue weighted by molar-refractivity contribution is 0.258. The van der Waals surface area contributed by atoms with E-state index in [9.17, 15) is 0 Å². The summed E-state index contributed by atoms with van der Waals surface area (Å²) in [5.74, 6) is 1.51. The van der Waals surface area contributed by atoms with Gasteiger partial charge >= 0.3 is 0 Å². The Balaban J connectivity index is 2.42. The molecule has 0 radical (unpaired) electrons. The summed E-state index contributed by atoms with van der Waals surface area (Å²) in [7, 11) is 0. The van der Waals surface area contributed by atoms with Gasteiger partial charge in [-0.1, -0.05) is 13.8 Å². The summed E-state index contributed by atoms with van der Waals surface area (Å²) in [4.78, 5) is 2.50. The highest BCUT2D eigenvalue weighted by atomic mass is 15.2. The molecule has 1 fully saturated rings. The molecule has 1 heterocycles. The van der Waals surface area contributed by atoms with Crippen molar-refractivity contribution in [1.82, 2.24) is 4.90 Å². The molecule has 2 nitrogen and oxygen atoms in total. The summed E-state index contributed by atoms with van der Waals surface area (Å²) in [6, 6.07) is 1.06. The minimum Gasteiger partial charge on any atom is -0.326 e. The topological polar surface area (TPSA) is 29.3 Å². The third-order valence-corrected chi connectivity index (χ3v) is 3.02. The molecule has 2 atom stereocenters. The molecule has 2 N–H and O–H groups in total. The van der Waals surface area contributed by atoms with Crippen molar-refractivity contribution in [2.24, 2.45) is 17.6 Å². The van der Waals surface area contributed by atoms with Crippen molar-refractivity contribution in [3.8, 4) is 0 Å². The number of nitrogens with two attached hydrogens (primary N) is 1. The van der Waals surface area contributed by atoms with Gasteiger partial charge in [0.1, 0.15) is 0 Å². The van der Waals surface area contributed by atoms with Crippen LogP contribution >= 0.6 is 0 Å². The zero-order valence-electron chi connectivity index (χ0n) is 9.46. The van der Waals surface area contributed by atoms with Gasteiger partial charge in [0.2, 0.25) is 0 Å². The van der Waals surface area contributed by atoms with Crippen LogP contribution in [0.2, 0.25) is 0 Å². The van der Waals surface area contributed by atoms with Gasteiger partial charge in [-0.05, 0) is 32.1 Å². The predicted octanol–water partition coefficient (Wildman–Crippen LogP) is 1.70. The van der Waals surface area contributed by atoms with Crippen LogP contribution in [0.1, 0.15) is 34.1 Å². The molecule has 0 amide bonds. The Morgan fingerprint density at radius 1 is 1.23 bits per heavy atom. The third-order valence-electron chi connectivity index (χ3n) is 3.02. The van der Waals surface area contributed by atoms with Crippen molar-refractivity contribution in [3.05, 3.63) is 0 Å². The quantitative estimate of drug-likeness (QED) is 0.723. The Hall–Kier alpha value is -0.0800. The van der Waals surface area contributed by atoms with E-state index in [1.54, 1.807) is 0 Å². The Morgan fingerprint density at radius 2 is 1.85 bits per heavy atom. The molecule has 0 aromatic heterocycles.